The van der Waals surface area contributed by atoms with Crippen LogP contribution in [0.5, 0.6) is 46.0 Å². The van der Waals surface area contributed by atoms with E-state index < -0.39 is 11.9 Å². The Hall–Kier alpha value is -5.86. The normalized spacial score (nSPS) is 19.9. The van der Waals surface area contributed by atoms with Gasteiger partial charge in [0.2, 0.25) is 0 Å². The monoisotopic (exact) mass is 886 g/mol. The van der Waals surface area contributed by atoms with E-state index in [1.165, 1.54) is 22.3 Å². The lowest BCUT2D eigenvalue weighted by molar-refractivity contribution is -0.941. The van der Waals surface area contributed by atoms with Crippen molar-refractivity contribution in [1.29, 1.82) is 0 Å². The summed E-state index contributed by atoms with van der Waals surface area (Å²) in [5.41, 5.74) is 6.97. The highest BCUT2D eigenvalue weighted by molar-refractivity contribution is 6.29. The largest absolute Gasteiger partial charge is 0.493 e. The van der Waals surface area contributed by atoms with Crippen LogP contribution in [0, 0.1) is 0 Å². The van der Waals surface area contributed by atoms with E-state index in [0.29, 0.717) is 80.9 Å². The fourth-order valence-electron chi connectivity index (χ4n) is 9.62. The van der Waals surface area contributed by atoms with E-state index >= 15 is 0 Å². The summed E-state index contributed by atoms with van der Waals surface area (Å²) in [5, 5.41) is 0. The number of rotatable bonds is 20. The highest BCUT2D eigenvalue weighted by atomic mass is 16.6. The van der Waals surface area contributed by atoms with Gasteiger partial charge < -0.3 is 56.3 Å². The average Bonchev–Trinajstić information content (AvgIpc) is 3.32. The molecule has 0 spiro atoms. The Morgan fingerprint density at radius 2 is 0.797 bits per heavy atom. The molecule has 0 aliphatic carbocycles. The highest BCUT2D eigenvalue weighted by Crippen LogP contribution is 2.45. The van der Waals surface area contributed by atoms with Crippen molar-refractivity contribution in [2.45, 2.75) is 50.6 Å². The molecule has 0 radical (unpaired) electrons. The first-order valence-corrected chi connectivity index (χ1v) is 21.8. The predicted octanol–water partition coefficient (Wildman–Crippen LogP) is 6.90. The van der Waals surface area contributed by atoms with Crippen LogP contribution in [0.4, 0.5) is 0 Å². The quantitative estimate of drug-likeness (QED) is 0.0397. The molecule has 6 rings (SSSR count). The molecule has 346 valence electrons. The van der Waals surface area contributed by atoms with Crippen molar-refractivity contribution in [2.24, 2.45) is 0 Å². The van der Waals surface area contributed by atoms with Crippen LogP contribution in [0.3, 0.4) is 0 Å². The van der Waals surface area contributed by atoms with Crippen LogP contribution in [0.15, 0.2) is 60.7 Å². The molecule has 14 nitrogen and oxygen atoms in total. The van der Waals surface area contributed by atoms with Crippen LogP contribution in [0.2, 0.25) is 0 Å². The second-order valence-corrected chi connectivity index (χ2v) is 17.0. The summed E-state index contributed by atoms with van der Waals surface area (Å²) in [4.78, 5) is 25.9. The van der Waals surface area contributed by atoms with Crippen molar-refractivity contribution >= 4 is 11.9 Å². The van der Waals surface area contributed by atoms with Gasteiger partial charge in [-0.15, -0.1) is 0 Å². The summed E-state index contributed by atoms with van der Waals surface area (Å²) in [5.74, 6) is 3.46. The number of carbonyl (C=O) groups excluding carboxylic acids is 2. The van der Waals surface area contributed by atoms with Crippen molar-refractivity contribution in [3.05, 3.63) is 94.0 Å². The van der Waals surface area contributed by atoms with E-state index in [0.717, 1.165) is 49.9 Å². The first-order chi connectivity index (χ1) is 30.9. The van der Waals surface area contributed by atoms with Gasteiger partial charge in [-0.1, -0.05) is 12.1 Å². The number of likely N-dealkylation sites (N-methyl/N-ethyl adjacent to an activating group) is 2. The topological polar surface area (TPSA) is 126 Å². The van der Waals surface area contributed by atoms with Crippen molar-refractivity contribution in [3.63, 3.8) is 0 Å². The third kappa shape index (κ3) is 10.4. The summed E-state index contributed by atoms with van der Waals surface area (Å²) in [6, 6.07) is 20.4. The number of hydrogen-bond donors (Lipinski definition) is 0. The summed E-state index contributed by atoms with van der Waals surface area (Å²) in [7, 11) is 17.6. The molecule has 2 heterocycles. The molecule has 14 heteroatoms. The van der Waals surface area contributed by atoms with Crippen LogP contribution in [-0.4, -0.2) is 131 Å². The molecule has 0 fully saturated rings. The van der Waals surface area contributed by atoms with Gasteiger partial charge in [0.15, 0.2) is 46.0 Å². The van der Waals surface area contributed by atoms with Crippen molar-refractivity contribution < 1.29 is 65.9 Å². The molecular formula is C50H66N2O12+2. The van der Waals surface area contributed by atoms with E-state index in [-0.39, 0.29) is 25.3 Å². The van der Waals surface area contributed by atoms with Crippen LogP contribution >= 0.6 is 0 Å². The second-order valence-electron chi connectivity index (χ2n) is 17.0. The smallest absolute Gasteiger partial charge is 0.417 e. The lowest BCUT2D eigenvalue weighted by atomic mass is 9.86. The van der Waals surface area contributed by atoms with Gasteiger partial charge in [-0.25, -0.2) is 9.59 Å². The average molecular weight is 887 g/mol. The number of benzene rings is 4. The number of fused-ring (bicyclic) bond motifs is 2. The first kappa shape index (κ1) is 47.6. The third-order valence-electron chi connectivity index (χ3n) is 13.3. The molecule has 4 aromatic carbocycles. The van der Waals surface area contributed by atoms with Gasteiger partial charge in [0.1, 0.15) is 12.1 Å². The van der Waals surface area contributed by atoms with Gasteiger partial charge >= 0.3 is 11.9 Å². The molecule has 4 atom stereocenters. The molecular weight excluding hydrogens is 821 g/mol. The van der Waals surface area contributed by atoms with Gasteiger partial charge in [0.05, 0.1) is 110 Å². The first-order valence-electron chi connectivity index (χ1n) is 21.8. The van der Waals surface area contributed by atoms with Crippen molar-refractivity contribution in [2.75, 3.05) is 110 Å². The minimum absolute atomic E-state index is 0.0451. The Morgan fingerprint density at radius 3 is 1.14 bits per heavy atom. The third-order valence-corrected chi connectivity index (χ3v) is 13.3. The number of methoxy groups -OCH3 is 8. The second kappa shape index (κ2) is 21.2. The van der Waals surface area contributed by atoms with Crippen LogP contribution in [0.1, 0.15) is 58.3 Å². The van der Waals surface area contributed by atoms with E-state index in [1.807, 2.05) is 24.3 Å². The van der Waals surface area contributed by atoms with Crippen molar-refractivity contribution in [3.8, 4) is 46.0 Å². The van der Waals surface area contributed by atoms with Gasteiger partial charge in [-0.05, 0) is 70.8 Å². The number of ether oxygens (including phenoxy) is 10. The molecule has 0 saturated carbocycles. The Bertz CT molecular complexity index is 2110. The number of carbonyl (C=O) groups is 2. The standard InChI is InChI=1S/C50H66N2O12/c1-51(21-17-35-29-45(59-7)47(61-9)31-37(35)39(51)25-33-13-15-41(55-3)43(27-33)57-5)19-11-23-63-49(53)50(54)64-24-12-20-52(2)22-18-36-30-46(60-8)48(62-10)32-38(36)40(52)26-34-14-16-42(56-4)44(28-34)58-6/h13-16,27-32,39-40H,11-12,17-26H2,1-10H3/q+2. The zero-order chi connectivity index (χ0) is 46.0. The lowest BCUT2D eigenvalue weighted by Crippen LogP contribution is -2.52. The summed E-state index contributed by atoms with van der Waals surface area (Å²) in [6.07, 6.45) is 4.22. The summed E-state index contributed by atoms with van der Waals surface area (Å²) in [6.45, 7) is 3.30. The zero-order valence-corrected chi connectivity index (χ0v) is 39.2. The molecule has 4 unspecified atom stereocenters. The van der Waals surface area contributed by atoms with Crippen molar-refractivity contribution in [1.82, 2.24) is 0 Å². The highest BCUT2D eigenvalue weighted by Gasteiger charge is 2.41. The molecule has 64 heavy (non-hydrogen) atoms. The zero-order valence-electron chi connectivity index (χ0n) is 39.2. The molecule has 2 aliphatic rings. The van der Waals surface area contributed by atoms with E-state index in [4.69, 9.17) is 47.4 Å². The Labute approximate surface area is 377 Å². The molecule has 0 amide bonds. The number of esters is 2. The van der Waals surface area contributed by atoms with Gasteiger partial charge in [0.25, 0.3) is 0 Å². The summed E-state index contributed by atoms with van der Waals surface area (Å²) >= 11 is 0. The molecule has 2 aliphatic heterocycles. The molecule has 0 aromatic heterocycles. The van der Waals surface area contributed by atoms with Crippen LogP contribution < -0.4 is 37.9 Å². The van der Waals surface area contributed by atoms with Gasteiger partial charge in [0, 0.05) is 49.7 Å². The fourth-order valence-corrected chi connectivity index (χ4v) is 9.62. The minimum Gasteiger partial charge on any atom is -0.493 e. The maximum absolute atomic E-state index is 13.0. The Balaban J connectivity index is 1.07. The maximum Gasteiger partial charge on any atom is 0.417 e. The van der Waals surface area contributed by atoms with Gasteiger partial charge in [-0.2, -0.15) is 0 Å². The Morgan fingerprint density at radius 1 is 0.469 bits per heavy atom. The SMILES string of the molecule is COc1ccc(CC2c3cc(OC)c(OC)cc3CC[N+]2(C)CCCOC(=O)C(=O)OCCC[N+]2(C)CCc3cc(OC)c(OC)cc3C2Cc2ccc(OC)c(OC)c2)cc1OC. The lowest BCUT2D eigenvalue weighted by Gasteiger charge is -2.46. The Kier molecular flexibility index (Phi) is 15.8. The number of nitrogens with zero attached hydrogens (tertiary/aromatic N) is 2. The molecule has 0 bridgehead atoms. The van der Waals surface area contributed by atoms with Crippen LogP contribution in [-0.2, 0) is 44.7 Å². The molecule has 4 aromatic rings. The number of quaternary nitrogens is 2. The van der Waals surface area contributed by atoms with E-state index in [1.54, 1.807) is 56.9 Å². The van der Waals surface area contributed by atoms with Gasteiger partial charge in [-0.3, -0.25) is 0 Å². The fraction of sp³-hybridized carbons (Fsp3) is 0.480. The molecule has 0 N–H and O–H groups in total. The maximum atomic E-state index is 13.0. The van der Waals surface area contributed by atoms with E-state index in [2.05, 4.69) is 50.5 Å². The van der Waals surface area contributed by atoms with E-state index in [9.17, 15) is 9.59 Å². The summed E-state index contributed by atoms with van der Waals surface area (Å²) < 4.78 is 57.4. The molecule has 0 saturated heterocycles. The minimum atomic E-state index is -0.981. The predicted molar refractivity (Wildman–Crippen MR) is 241 cm³/mol. The number of hydrogen-bond acceptors (Lipinski definition) is 12. The van der Waals surface area contributed by atoms with Crippen LogP contribution in [0.25, 0.3) is 0 Å².